The third kappa shape index (κ3) is 3.17. The average molecular weight is 309 g/mol. The highest BCUT2D eigenvalue weighted by Crippen LogP contribution is 2.39. The van der Waals surface area contributed by atoms with Gasteiger partial charge in [-0.1, -0.05) is 0 Å². The van der Waals surface area contributed by atoms with Gasteiger partial charge < -0.3 is 19.1 Å². The van der Waals surface area contributed by atoms with E-state index in [1.165, 1.54) is 0 Å². The number of nitrogens with zero attached hydrogens (tertiary/aromatic N) is 1. The highest BCUT2D eigenvalue weighted by Gasteiger charge is 2.51. The molecule has 0 bridgehead atoms. The molecule has 4 aliphatic rings. The molecule has 1 saturated carbocycles. The van der Waals surface area contributed by atoms with Gasteiger partial charge in [0.1, 0.15) is 5.60 Å². The fourth-order valence-electron chi connectivity index (χ4n) is 3.92. The summed E-state index contributed by atoms with van der Waals surface area (Å²) in [6.45, 7) is 4.94. The lowest BCUT2D eigenvalue weighted by molar-refractivity contribution is -0.203. The number of hydrogen-bond acceptors (Lipinski definition) is 4. The Hall–Kier alpha value is -0.650. The Bertz CT molecular complexity index is 411. The largest absolute Gasteiger partial charge is 0.381 e. The van der Waals surface area contributed by atoms with Gasteiger partial charge >= 0.3 is 0 Å². The molecule has 3 aliphatic heterocycles. The Balaban J connectivity index is 1.23. The Morgan fingerprint density at radius 3 is 2.59 bits per heavy atom. The number of carbonyl (C=O) groups is 1. The van der Waals surface area contributed by atoms with Gasteiger partial charge in [-0.15, -0.1) is 0 Å². The van der Waals surface area contributed by atoms with E-state index in [9.17, 15) is 4.79 Å². The first-order valence-electron chi connectivity index (χ1n) is 8.86. The van der Waals surface area contributed by atoms with E-state index in [-0.39, 0.29) is 5.60 Å². The van der Waals surface area contributed by atoms with Gasteiger partial charge in [0.05, 0.1) is 19.2 Å². The minimum absolute atomic E-state index is 0.108. The second kappa shape index (κ2) is 6.10. The summed E-state index contributed by atoms with van der Waals surface area (Å²) in [7, 11) is 0. The van der Waals surface area contributed by atoms with Crippen molar-refractivity contribution in [3.63, 3.8) is 0 Å². The number of ether oxygens (including phenoxy) is 3. The molecule has 124 valence electrons. The molecule has 0 unspecified atom stereocenters. The van der Waals surface area contributed by atoms with Crippen LogP contribution in [0.25, 0.3) is 0 Å². The van der Waals surface area contributed by atoms with Gasteiger partial charge in [-0.3, -0.25) is 4.79 Å². The summed E-state index contributed by atoms with van der Waals surface area (Å²) in [6.07, 6.45) is 6.65. The van der Waals surface area contributed by atoms with Crippen molar-refractivity contribution in [1.29, 1.82) is 0 Å². The molecular formula is C17H27NO4. The van der Waals surface area contributed by atoms with Crippen LogP contribution in [-0.4, -0.2) is 62.0 Å². The first-order valence-corrected chi connectivity index (χ1v) is 8.86. The molecule has 4 rings (SSSR count). The number of amides is 1. The standard InChI is InChI=1S/C17H27NO4/c19-16(14-1-2-14)18-11-17(12-18)9-15(5-8-22-17)21-10-13-3-6-20-7-4-13/h13-15H,1-12H2/t15-/m0/s1. The van der Waals surface area contributed by atoms with E-state index < -0.39 is 0 Å². The van der Waals surface area contributed by atoms with Crippen molar-refractivity contribution < 1.29 is 19.0 Å². The molecule has 5 heteroatoms. The van der Waals surface area contributed by atoms with Gasteiger partial charge in [0.2, 0.25) is 5.91 Å². The zero-order valence-electron chi connectivity index (χ0n) is 13.3. The third-order valence-corrected chi connectivity index (χ3v) is 5.55. The molecule has 1 atom stereocenters. The molecule has 3 saturated heterocycles. The number of carbonyl (C=O) groups excluding carboxylic acids is 1. The van der Waals surface area contributed by atoms with Crippen LogP contribution in [0.2, 0.25) is 0 Å². The molecule has 0 N–H and O–H groups in total. The Kier molecular flexibility index (Phi) is 4.13. The van der Waals surface area contributed by atoms with E-state index in [4.69, 9.17) is 14.2 Å². The Morgan fingerprint density at radius 1 is 1.09 bits per heavy atom. The maximum absolute atomic E-state index is 12.1. The van der Waals surface area contributed by atoms with E-state index in [0.29, 0.717) is 23.8 Å². The van der Waals surface area contributed by atoms with Crippen molar-refractivity contribution in [1.82, 2.24) is 4.90 Å². The minimum atomic E-state index is -0.108. The summed E-state index contributed by atoms with van der Waals surface area (Å²) in [5.41, 5.74) is -0.108. The van der Waals surface area contributed by atoms with Crippen LogP contribution >= 0.6 is 0 Å². The van der Waals surface area contributed by atoms with Gasteiger partial charge in [-0.25, -0.2) is 0 Å². The lowest BCUT2D eigenvalue weighted by Gasteiger charge is -2.53. The second-order valence-electron chi connectivity index (χ2n) is 7.50. The van der Waals surface area contributed by atoms with Crippen molar-refractivity contribution >= 4 is 5.91 Å². The summed E-state index contributed by atoms with van der Waals surface area (Å²) >= 11 is 0. The van der Waals surface area contributed by atoms with E-state index in [1.54, 1.807) is 0 Å². The van der Waals surface area contributed by atoms with E-state index >= 15 is 0 Å². The summed E-state index contributed by atoms with van der Waals surface area (Å²) in [5.74, 6) is 1.32. The fourth-order valence-corrected chi connectivity index (χ4v) is 3.92. The molecule has 5 nitrogen and oxygen atoms in total. The number of rotatable bonds is 4. The van der Waals surface area contributed by atoms with Crippen molar-refractivity contribution in [3.8, 4) is 0 Å². The quantitative estimate of drug-likeness (QED) is 0.791. The highest BCUT2D eigenvalue weighted by atomic mass is 16.5. The first-order chi connectivity index (χ1) is 10.7. The van der Waals surface area contributed by atoms with Gasteiger partial charge in [-0.2, -0.15) is 0 Å². The molecule has 0 aromatic carbocycles. The van der Waals surface area contributed by atoms with Crippen LogP contribution in [0.5, 0.6) is 0 Å². The molecule has 1 spiro atoms. The number of likely N-dealkylation sites (tertiary alicyclic amines) is 1. The molecule has 0 radical (unpaired) electrons. The lowest BCUT2D eigenvalue weighted by atomic mass is 9.84. The minimum Gasteiger partial charge on any atom is -0.381 e. The van der Waals surface area contributed by atoms with Gasteiger partial charge in [0, 0.05) is 38.8 Å². The smallest absolute Gasteiger partial charge is 0.225 e. The average Bonchev–Trinajstić information content (AvgIpc) is 3.36. The summed E-state index contributed by atoms with van der Waals surface area (Å²) < 4.78 is 17.6. The number of hydrogen-bond donors (Lipinski definition) is 0. The van der Waals surface area contributed by atoms with Crippen molar-refractivity contribution in [2.24, 2.45) is 11.8 Å². The maximum Gasteiger partial charge on any atom is 0.225 e. The fraction of sp³-hybridized carbons (Fsp3) is 0.941. The maximum atomic E-state index is 12.1. The summed E-state index contributed by atoms with van der Waals surface area (Å²) in [6, 6.07) is 0. The van der Waals surface area contributed by atoms with E-state index in [1.807, 2.05) is 4.90 Å². The van der Waals surface area contributed by atoms with Crippen molar-refractivity contribution in [2.75, 3.05) is 39.5 Å². The van der Waals surface area contributed by atoms with Gasteiger partial charge in [0.25, 0.3) is 0 Å². The molecule has 1 amide bonds. The third-order valence-electron chi connectivity index (χ3n) is 5.55. The summed E-state index contributed by atoms with van der Waals surface area (Å²) in [5, 5.41) is 0. The second-order valence-corrected chi connectivity index (χ2v) is 7.50. The monoisotopic (exact) mass is 309 g/mol. The Morgan fingerprint density at radius 2 is 1.86 bits per heavy atom. The zero-order chi connectivity index (χ0) is 15.0. The summed E-state index contributed by atoms with van der Waals surface area (Å²) in [4.78, 5) is 14.0. The van der Waals surface area contributed by atoms with Crippen LogP contribution in [0.4, 0.5) is 0 Å². The topological polar surface area (TPSA) is 48.0 Å². The molecule has 1 aliphatic carbocycles. The molecule has 4 fully saturated rings. The molecule has 3 heterocycles. The molecule has 0 aromatic heterocycles. The van der Waals surface area contributed by atoms with E-state index in [0.717, 1.165) is 78.0 Å². The highest BCUT2D eigenvalue weighted by molar-refractivity contribution is 5.82. The Labute approximate surface area is 132 Å². The van der Waals surface area contributed by atoms with Crippen LogP contribution in [0.3, 0.4) is 0 Å². The van der Waals surface area contributed by atoms with E-state index in [2.05, 4.69) is 0 Å². The molecule has 0 aromatic rings. The van der Waals surface area contributed by atoms with Gasteiger partial charge in [0.15, 0.2) is 0 Å². The predicted molar refractivity (Wildman–Crippen MR) is 80.5 cm³/mol. The first kappa shape index (κ1) is 14.9. The van der Waals surface area contributed by atoms with Crippen molar-refractivity contribution in [2.45, 2.75) is 50.2 Å². The molecule has 22 heavy (non-hydrogen) atoms. The molecular weight excluding hydrogens is 282 g/mol. The SMILES string of the molecule is O=C(C1CC1)N1CC2(C[C@@H](OCC3CCOCC3)CCO2)C1. The van der Waals surface area contributed by atoms with Crippen LogP contribution in [0, 0.1) is 11.8 Å². The zero-order valence-corrected chi connectivity index (χ0v) is 13.3. The van der Waals surface area contributed by atoms with Crippen LogP contribution in [0.1, 0.15) is 38.5 Å². The van der Waals surface area contributed by atoms with Crippen molar-refractivity contribution in [3.05, 3.63) is 0 Å². The normalized spacial score (nSPS) is 32.0. The lowest BCUT2D eigenvalue weighted by Crippen LogP contribution is -2.67. The predicted octanol–water partition coefficient (Wildman–Crippen LogP) is 1.60. The van der Waals surface area contributed by atoms with Crippen LogP contribution < -0.4 is 0 Å². The van der Waals surface area contributed by atoms with Gasteiger partial charge in [-0.05, 0) is 38.0 Å². The van der Waals surface area contributed by atoms with Crippen LogP contribution in [0.15, 0.2) is 0 Å². The van der Waals surface area contributed by atoms with Crippen LogP contribution in [-0.2, 0) is 19.0 Å².